The normalized spacial score (nSPS) is 29.5. The van der Waals surface area contributed by atoms with Crippen LogP contribution in [0.2, 0.25) is 0 Å². The minimum absolute atomic E-state index is 0.0909. The number of fused-ring (bicyclic) bond motifs is 1. The summed E-state index contributed by atoms with van der Waals surface area (Å²) in [6.07, 6.45) is 12.2. The first-order chi connectivity index (χ1) is 14.6. The number of nitrogens with one attached hydrogen (secondary N) is 2. The highest BCUT2D eigenvalue weighted by Crippen LogP contribution is 2.60. The second-order valence-corrected chi connectivity index (χ2v) is 10.3. The van der Waals surface area contributed by atoms with E-state index < -0.39 is 0 Å². The van der Waals surface area contributed by atoms with Crippen LogP contribution in [0.1, 0.15) is 51.9 Å². The summed E-state index contributed by atoms with van der Waals surface area (Å²) in [4.78, 5) is 22.5. The van der Waals surface area contributed by atoms with Crippen molar-refractivity contribution >= 4 is 34.5 Å². The van der Waals surface area contributed by atoms with Gasteiger partial charge in [-0.05, 0) is 69.0 Å². The van der Waals surface area contributed by atoms with Crippen molar-refractivity contribution in [3.05, 3.63) is 6.20 Å². The molecule has 4 saturated carbocycles. The number of amides is 1. The van der Waals surface area contributed by atoms with E-state index in [1.54, 1.807) is 0 Å². The van der Waals surface area contributed by atoms with Gasteiger partial charge in [-0.2, -0.15) is 5.10 Å². The maximum absolute atomic E-state index is 13.2. The van der Waals surface area contributed by atoms with Crippen molar-refractivity contribution in [2.75, 3.05) is 24.7 Å². The molecule has 0 unspecified atom stereocenters. The van der Waals surface area contributed by atoms with Crippen molar-refractivity contribution in [2.24, 2.45) is 23.2 Å². The second kappa shape index (κ2) is 8.02. The van der Waals surface area contributed by atoms with Gasteiger partial charge in [0.1, 0.15) is 5.82 Å². The number of nitrogens with zero attached hydrogens (tertiary/aromatic N) is 4. The lowest BCUT2D eigenvalue weighted by atomic mass is 9.49. The number of anilines is 1. The minimum Gasteiger partial charge on any atom is -0.369 e. The molecule has 0 aliphatic heterocycles. The molecule has 4 aliphatic rings. The summed E-state index contributed by atoms with van der Waals surface area (Å²) in [6.45, 7) is 4.22. The lowest BCUT2D eigenvalue weighted by molar-refractivity contribution is -0.146. The van der Waals surface area contributed by atoms with E-state index in [9.17, 15) is 4.79 Å². The van der Waals surface area contributed by atoms with Gasteiger partial charge in [-0.1, -0.05) is 18.7 Å². The summed E-state index contributed by atoms with van der Waals surface area (Å²) < 4.78 is 1.90. The smallest absolute Gasteiger partial charge is 0.226 e. The molecule has 2 N–H and O–H groups in total. The van der Waals surface area contributed by atoms with Crippen molar-refractivity contribution in [1.29, 1.82) is 0 Å². The Hall–Kier alpha value is -1.83. The van der Waals surface area contributed by atoms with Crippen molar-refractivity contribution in [3.8, 4) is 0 Å². The monoisotopic (exact) mass is 428 g/mol. The predicted octanol–water partition coefficient (Wildman–Crippen LogP) is 3.70. The number of rotatable bonds is 8. The molecule has 2 aromatic rings. The average molecular weight is 429 g/mol. The third-order valence-corrected chi connectivity index (χ3v) is 7.88. The van der Waals surface area contributed by atoms with Crippen LogP contribution in [0.5, 0.6) is 0 Å². The average Bonchev–Trinajstić information content (AvgIpc) is 3.14. The molecule has 4 aliphatic carbocycles. The summed E-state index contributed by atoms with van der Waals surface area (Å²) in [5.74, 6) is 3.48. The summed E-state index contributed by atoms with van der Waals surface area (Å²) >= 11 is 1.53. The molecular formula is C22H32N6OS. The van der Waals surface area contributed by atoms with E-state index >= 15 is 0 Å². The zero-order valence-corrected chi connectivity index (χ0v) is 18.8. The number of aromatic nitrogens is 4. The first kappa shape index (κ1) is 20.1. The van der Waals surface area contributed by atoms with Crippen molar-refractivity contribution in [3.63, 3.8) is 0 Å². The lowest BCUT2D eigenvalue weighted by Gasteiger charge is -2.55. The minimum atomic E-state index is -0.0909. The molecule has 8 heteroatoms. The third-order valence-electron chi connectivity index (χ3n) is 7.33. The number of hydrogen-bond acceptors (Lipinski definition) is 6. The fraction of sp³-hybridized carbons (Fsp3) is 0.727. The molecule has 7 nitrogen and oxygen atoms in total. The van der Waals surface area contributed by atoms with Crippen LogP contribution in [-0.4, -0.2) is 45.0 Å². The molecular weight excluding hydrogens is 396 g/mol. The Morgan fingerprint density at radius 1 is 1.17 bits per heavy atom. The van der Waals surface area contributed by atoms with Crippen molar-refractivity contribution in [2.45, 2.75) is 63.6 Å². The molecule has 1 amide bonds. The molecule has 30 heavy (non-hydrogen) atoms. The van der Waals surface area contributed by atoms with Gasteiger partial charge in [0.15, 0.2) is 10.8 Å². The Balaban J connectivity index is 1.27. The van der Waals surface area contributed by atoms with Crippen LogP contribution in [-0.2, 0) is 11.3 Å². The Bertz CT molecular complexity index is 906. The fourth-order valence-electron chi connectivity index (χ4n) is 6.42. The number of carbonyl (C=O) groups excluding carboxylic acids is 1. The van der Waals surface area contributed by atoms with Crippen molar-refractivity contribution < 1.29 is 4.79 Å². The summed E-state index contributed by atoms with van der Waals surface area (Å²) in [7, 11) is 0. The molecule has 0 spiro atoms. The molecule has 0 atom stereocenters. The van der Waals surface area contributed by atoms with Crippen LogP contribution in [0.3, 0.4) is 0 Å². The van der Waals surface area contributed by atoms with Gasteiger partial charge in [0.2, 0.25) is 5.91 Å². The standard InChI is InChI=1S/C22H32N6OS/c1-3-4-23-18-17-13-25-28(19(17)27-21(26-18)30-2)6-5-24-20(29)22-10-14-7-15(11-22)9-16(8-14)12-22/h13-16H,3-12H2,1-2H3,(H,24,29)(H,23,26,27). The van der Waals surface area contributed by atoms with E-state index in [1.807, 2.05) is 17.1 Å². The highest BCUT2D eigenvalue weighted by Gasteiger charge is 2.54. The summed E-state index contributed by atoms with van der Waals surface area (Å²) in [5, 5.41) is 12.9. The Morgan fingerprint density at radius 2 is 1.87 bits per heavy atom. The van der Waals surface area contributed by atoms with Crippen molar-refractivity contribution in [1.82, 2.24) is 25.1 Å². The third kappa shape index (κ3) is 3.57. The van der Waals surface area contributed by atoms with Crippen LogP contribution in [0.25, 0.3) is 11.0 Å². The molecule has 2 heterocycles. The molecule has 0 saturated heterocycles. The van der Waals surface area contributed by atoms with Gasteiger partial charge in [-0.3, -0.25) is 4.79 Å². The number of hydrogen-bond donors (Lipinski definition) is 2. The Labute approximate surface area is 182 Å². The molecule has 0 aromatic carbocycles. The number of thioether (sulfide) groups is 1. The second-order valence-electron chi connectivity index (χ2n) is 9.54. The largest absolute Gasteiger partial charge is 0.369 e. The van der Waals surface area contributed by atoms with Crippen LogP contribution in [0, 0.1) is 23.2 Å². The predicted molar refractivity (Wildman–Crippen MR) is 119 cm³/mol. The van der Waals surface area contributed by atoms with Crippen LogP contribution in [0.4, 0.5) is 5.82 Å². The van der Waals surface area contributed by atoms with Gasteiger partial charge in [-0.25, -0.2) is 14.6 Å². The van der Waals surface area contributed by atoms with E-state index in [4.69, 9.17) is 0 Å². The zero-order valence-electron chi connectivity index (χ0n) is 18.0. The van der Waals surface area contributed by atoms with E-state index in [1.165, 1.54) is 31.0 Å². The summed E-state index contributed by atoms with van der Waals surface area (Å²) in [6, 6.07) is 0. The maximum Gasteiger partial charge on any atom is 0.226 e. The first-order valence-corrected chi connectivity index (χ1v) is 12.6. The van der Waals surface area contributed by atoms with E-state index in [-0.39, 0.29) is 11.3 Å². The van der Waals surface area contributed by atoms with Gasteiger partial charge < -0.3 is 10.6 Å². The van der Waals surface area contributed by atoms with Gasteiger partial charge in [0.05, 0.1) is 18.1 Å². The van der Waals surface area contributed by atoms with Gasteiger partial charge in [0, 0.05) is 18.5 Å². The van der Waals surface area contributed by atoms with Crippen LogP contribution in [0.15, 0.2) is 11.4 Å². The van der Waals surface area contributed by atoms with Gasteiger partial charge in [0.25, 0.3) is 0 Å². The Morgan fingerprint density at radius 3 is 2.50 bits per heavy atom. The highest BCUT2D eigenvalue weighted by molar-refractivity contribution is 7.98. The zero-order chi connectivity index (χ0) is 20.7. The van der Waals surface area contributed by atoms with Crippen LogP contribution >= 0.6 is 11.8 Å². The van der Waals surface area contributed by atoms with Crippen LogP contribution < -0.4 is 10.6 Å². The molecule has 6 rings (SSSR count). The lowest BCUT2D eigenvalue weighted by Crippen LogP contribution is -2.53. The molecule has 4 bridgehead atoms. The van der Waals surface area contributed by atoms with E-state index in [0.717, 1.165) is 72.0 Å². The first-order valence-electron chi connectivity index (χ1n) is 11.4. The summed E-state index contributed by atoms with van der Waals surface area (Å²) in [5.41, 5.74) is 0.740. The number of carbonyl (C=O) groups is 1. The fourth-order valence-corrected chi connectivity index (χ4v) is 6.78. The quantitative estimate of drug-likeness (QED) is 0.493. The highest BCUT2D eigenvalue weighted by atomic mass is 32.2. The van der Waals surface area contributed by atoms with Gasteiger partial charge >= 0.3 is 0 Å². The molecule has 4 fully saturated rings. The molecule has 162 valence electrons. The topological polar surface area (TPSA) is 84.7 Å². The Kier molecular flexibility index (Phi) is 5.37. The van der Waals surface area contributed by atoms with E-state index in [2.05, 4.69) is 32.6 Å². The SMILES string of the molecule is CCCNc1nc(SC)nc2c1cnn2CCNC(=O)C12CC3CC(CC(C3)C1)C2. The molecule has 2 aromatic heterocycles. The molecule has 0 radical (unpaired) electrons. The van der Waals surface area contributed by atoms with Gasteiger partial charge in [-0.15, -0.1) is 0 Å². The van der Waals surface area contributed by atoms with E-state index in [0.29, 0.717) is 13.1 Å². The maximum atomic E-state index is 13.2.